The van der Waals surface area contributed by atoms with Crippen LogP contribution in [0.15, 0.2) is 33.7 Å². The number of rotatable bonds is 7. The van der Waals surface area contributed by atoms with Crippen molar-refractivity contribution in [3.63, 3.8) is 0 Å². The van der Waals surface area contributed by atoms with Crippen LogP contribution in [0.3, 0.4) is 0 Å². The first-order chi connectivity index (χ1) is 12.2. The van der Waals surface area contributed by atoms with E-state index in [0.29, 0.717) is 18.7 Å². The van der Waals surface area contributed by atoms with Gasteiger partial charge >= 0.3 is 0 Å². The van der Waals surface area contributed by atoms with Gasteiger partial charge in [0.15, 0.2) is 5.96 Å². The molecule has 146 valence electrons. The summed E-state index contributed by atoms with van der Waals surface area (Å²) in [6.07, 6.45) is 3.98. The van der Waals surface area contributed by atoms with Crippen molar-refractivity contribution < 1.29 is 4.79 Å². The van der Waals surface area contributed by atoms with Gasteiger partial charge in [-0.1, -0.05) is 28.4 Å². The Bertz CT molecular complexity index is 578. The van der Waals surface area contributed by atoms with Crippen LogP contribution in [0.2, 0.25) is 0 Å². The van der Waals surface area contributed by atoms with Crippen LogP contribution in [0.25, 0.3) is 0 Å². The smallest absolute Gasteiger partial charge is 0.251 e. The quantitative estimate of drug-likeness (QED) is 0.216. The zero-order chi connectivity index (χ0) is 17.9. The van der Waals surface area contributed by atoms with Gasteiger partial charge in [0.1, 0.15) is 0 Å². The Kier molecular flexibility index (Phi) is 11.9. The molecule has 0 radical (unpaired) electrons. The highest BCUT2D eigenvalue weighted by Gasteiger charge is 2.09. The van der Waals surface area contributed by atoms with Crippen molar-refractivity contribution in [3.05, 3.63) is 34.3 Å². The van der Waals surface area contributed by atoms with Gasteiger partial charge in [0.05, 0.1) is 0 Å². The number of piperidine rings is 1. The van der Waals surface area contributed by atoms with Gasteiger partial charge in [-0.15, -0.1) is 24.0 Å². The first-order valence-corrected chi connectivity index (χ1v) is 9.69. The number of guanidine groups is 1. The molecule has 6 nitrogen and oxygen atoms in total. The summed E-state index contributed by atoms with van der Waals surface area (Å²) in [5.41, 5.74) is 0.651. The summed E-state index contributed by atoms with van der Waals surface area (Å²) in [7, 11) is 1.76. The number of likely N-dealkylation sites (tertiary alicyclic amines) is 1. The summed E-state index contributed by atoms with van der Waals surface area (Å²) in [6.45, 7) is 5.50. The lowest BCUT2D eigenvalue weighted by atomic mass is 10.1. The van der Waals surface area contributed by atoms with E-state index in [9.17, 15) is 4.79 Å². The lowest BCUT2D eigenvalue weighted by Gasteiger charge is -2.26. The minimum Gasteiger partial charge on any atom is -0.355 e. The summed E-state index contributed by atoms with van der Waals surface area (Å²) >= 11 is 3.37. The van der Waals surface area contributed by atoms with Gasteiger partial charge in [0, 0.05) is 43.3 Å². The van der Waals surface area contributed by atoms with Crippen molar-refractivity contribution >= 4 is 51.8 Å². The Morgan fingerprint density at radius 1 is 1.12 bits per heavy atom. The van der Waals surface area contributed by atoms with Crippen molar-refractivity contribution in [3.8, 4) is 0 Å². The summed E-state index contributed by atoms with van der Waals surface area (Å²) in [6, 6.07) is 7.36. The van der Waals surface area contributed by atoms with Crippen molar-refractivity contribution in [2.75, 3.05) is 46.3 Å². The van der Waals surface area contributed by atoms with Gasteiger partial charge in [-0.05, 0) is 44.1 Å². The maximum Gasteiger partial charge on any atom is 0.251 e. The predicted octanol–water partition coefficient (Wildman–Crippen LogP) is 2.45. The van der Waals surface area contributed by atoms with Crippen LogP contribution in [0.1, 0.15) is 29.6 Å². The topological polar surface area (TPSA) is 68.8 Å². The van der Waals surface area contributed by atoms with Crippen LogP contribution < -0.4 is 16.0 Å². The number of carbonyl (C=O) groups excluding carboxylic acids is 1. The lowest BCUT2D eigenvalue weighted by molar-refractivity contribution is 0.0954. The molecule has 8 heteroatoms. The Labute approximate surface area is 181 Å². The molecule has 0 aliphatic carbocycles. The molecular weight excluding hydrogens is 509 g/mol. The van der Waals surface area contributed by atoms with Crippen molar-refractivity contribution in [1.29, 1.82) is 0 Å². The fourth-order valence-corrected chi connectivity index (χ4v) is 3.22. The fraction of sp³-hybridized carbons (Fsp3) is 0.556. The van der Waals surface area contributed by atoms with Crippen LogP contribution in [-0.4, -0.2) is 63.1 Å². The van der Waals surface area contributed by atoms with Crippen LogP contribution in [0.5, 0.6) is 0 Å². The minimum atomic E-state index is -0.0730. The Hall–Kier alpha value is -0.870. The number of hydrogen-bond acceptors (Lipinski definition) is 3. The predicted molar refractivity (Wildman–Crippen MR) is 122 cm³/mol. The highest BCUT2D eigenvalue weighted by atomic mass is 127. The third-order valence-electron chi connectivity index (χ3n) is 4.18. The number of nitrogens with one attached hydrogen (secondary N) is 3. The van der Waals surface area contributed by atoms with Gasteiger partial charge in [-0.2, -0.15) is 0 Å². The lowest BCUT2D eigenvalue weighted by Crippen LogP contribution is -2.44. The van der Waals surface area contributed by atoms with Crippen molar-refractivity contribution in [2.24, 2.45) is 4.99 Å². The number of benzene rings is 1. The molecule has 1 fully saturated rings. The SMILES string of the molecule is CN=C(NCCNC(=O)c1cccc(Br)c1)NCCN1CCCCC1.I. The maximum atomic E-state index is 12.0. The van der Waals surface area contributed by atoms with Crippen LogP contribution in [0, 0.1) is 0 Å². The molecule has 0 saturated carbocycles. The molecule has 0 aromatic heterocycles. The largest absolute Gasteiger partial charge is 0.355 e. The molecule has 1 amide bonds. The second kappa shape index (κ2) is 13.3. The van der Waals surface area contributed by atoms with E-state index in [1.54, 1.807) is 13.1 Å². The first-order valence-electron chi connectivity index (χ1n) is 8.89. The van der Waals surface area contributed by atoms with Crippen LogP contribution in [0.4, 0.5) is 0 Å². The zero-order valence-electron chi connectivity index (χ0n) is 15.3. The summed E-state index contributed by atoms with van der Waals surface area (Å²) in [5.74, 6) is 0.699. The van der Waals surface area contributed by atoms with E-state index in [0.717, 1.165) is 23.5 Å². The third kappa shape index (κ3) is 8.68. The molecule has 0 atom stereocenters. The molecular formula is C18H29BrIN5O. The summed E-state index contributed by atoms with van der Waals surface area (Å²) in [4.78, 5) is 18.7. The minimum absolute atomic E-state index is 0. The summed E-state index contributed by atoms with van der Waals surface area (Å²) in [5, 5.41) is 9.44. The Morgan fingerprint density at radius 3 is 2.50 bits per heavy atom. The number of carbonyl (C=O) groups is 1. The molecule has 2 rings (SSSR count). The van der Waals surface area contributed by atoms with Gasteiger partial charge in [-0.3, -0.25) is 9.79 Å². The molecule has 0 spiro atoms. The second-order valence-corrected chi connectivity index (χ2v) is 7.01. The van der Waals surface area contributed by atoms with E-state index in [1.807, 2.05) is 18.2 Å². The highest BCUT2D eigenvalue weighted by Crippen LogP contribution is 2.11. The fourth-order valence-electron chi connectivity index (χ4n) is 2.82. The average molecular weight is 538 g/mol. The Balaban J connectivity index is 0.00000338. The van der Waals surface area contributed by atoms with Crippen LogP contribution in [-0.2, 0) is 0 Å². The van der Waals surface area contributed by atoms with Gasteiger partial charge in [0.25, 0.3) is 5.91 Å². The number of aliphatic imine (C=N–C) groups is 1. The number of halogens is 2. The Morgan fingerprint density at radius 2 is 1.81 bits per heavy atom. The van der Waals surface area contributed by atoms with Crippen molar-refractivity contribution in [1.82, 2.24) is 20.9 Å². The molecule has 1 aromatic carbocycles. The molecule has 0 unspecified atom stereocenters. The number of amides is 1. The zero-order valence-corrected chi connectivity index (χ0v) is 19.2. The second-order valence-electron chi connectivity index (χ2n) is 6.09. The highest BCUT2D eigenvalue weighted by molar-refractivity contribution is 14.0. The first kappa shape index (κ1) is 23.2. The molecule has 1 aliphatic heterocycles. The molecule has 0 bridgehead atoms. The van der Waals surface area contributed by atoms with E-state index < -0.39 is 0 Å². The molecule has 1 aliphatic rings. The van der Waals surface area contributed by atoms with E-state index in [2.05, 4.69) is 41.8 Å². The van der Waals surface area contributed by atoms with Crippen molar-refractivity contribution in [2.45, 2.75) is 19.3 Å². The average Bonchev–Trinajstić information content (AvgIpc) is 2.64. The normalized spacial score (nSPS) is 15.1. The monoisotopic (exact) mass is 537 g/mol. The molecule has 3 N–H and O–H groups in total. The van der Waals surface area contributed by atoms with E-state index >= 15 is 0 Å². The molecule has 1 saturated heterocycles. The van der Waals surface area contributed by atoms with E-state index in [4.69, 9.17) is 0 Å². The molecule has 26 heavy (non-hydrogen) atoms. The van der Waals surface area contributed by atoms with Gasteiger partial charge < -0.3 is 20.9 Å². The van der Waals surface area contributed by atoms with E-state index in [1.165, 1.54) is 32.4 Å². The standard InChI is InChI=1S/C18H28BrN5O.HI/c1-20-18(23-10-13-24-11-3-2-4-12-24)22-9-8-21-17(25)15-6-5-7-16(19)14-15;/h5-7,14H,2-4,8-13H2,1H3,(H,21,25)(H2,20,22,23);1H. The molecule has 1 heterocycles. The third-order valence-corrected chi connectivity index (χ3v) is 4.68. The van der Waals surface area contributed by atoms with Crippen LogP contribution >= 0.6 is 39.9 Å². The maximum absolute atomic E-state index is 12.0. The number of hydrogen-bond donors (Lipinski definition) is 3. The van der Waals surface area contributed by atoms with Gasteiger partial charge in [0.2, 0.25) is 0 Å². The van der Waals surface area contributed by atoms with Gasteiger partial charge in [-0.25, -0.2) is 0 Å². The number of nitrogens with zero attached hydrogens (tertiary/aromatic N) is 2. The molecule has 1 aromatic rings. The van der Waals surface area contributed by atoms with E-state index in [-0.39, 0.29) is 29.9 Å². The summed E-state index contributed by atoms with van der Waals surface area (Å²) < 4.78 is 0.900.